The number of carbonyl (C=O) groups is 2. The number of aryl methyl sites for hydroxylation is 1. The molecule has 15 nitrogen and oxygen atoms in total. The van der Waals surface area contributed by atoms with Gasteiger partial charge in [-0.1, -0.05) is 6.07 Å². The first kappa shape index (κ1) is 36.6. The van der Waals surface area contributed by atoms with Crippen molar-refractivity contribution in [3.63, 3.8) is 0 Å². The van der Waals surface area contributed by atoms with Gasteiger partial charge in [0, 0.05) is 52.6 Å². The van der Waals surface area contributed by atoms with E-state index in [2.05, 4.69) is 16.3 Å². The highest BCUT2D eigenvalue weighted by Gasteiger charge is 2.63. The van der Waals surface area contributed by atoms with Crippen molar-refractivity contribution >= 4 is 22.7 Å². The topological polar surface area (TPSA) is 189 Å². The molecule has 1 spiro atoms. The summed E-state index contributed by atoms with van der Waals surface area (Å²) in [5.41, 5.74) is 2.99. The van der Waals surface area contributed by atoms with E-state index in [0.29, 0.717) is 70.0 Å². The number of phenols is 2. The fourth-order valence-electron chi connectivity index (χ4n) is 10.4. The predicted molar refractivity (Wildman–Crippen MR) is 199 cm³/mol. The molecule has 3 aromatic rings. The zero-order valence-corrected chi connectivity index (χ0v) is 32.6. The molecule has 7 aliphatic heterocycles. The van der Waals surface area contributed by atoms with Crippen LogP contribution in [-0.2, 0) is 43.5 Å². The molecule has 0 saturated carbocycles. The molecule has 8 atom stereocenters. The second-order valence-electron chi connectivity index (χ2n) is 15.3. The van der Waals surface area contributed by atoms with Crippen LogP contribution < -0.4 is 29.0 Å². The fourth-order valence-corrected chi connectivity index (χ4v) is 12.5. The third kappa shape index (κ3) is 4.87. The average Bonchev–Trinajstić information content (AvgIpc) is 3.65. The van der Waals surface area contributed by atoms with Crippen molar-refractivity contribution in [1.82, 2.24) is 15.1 Å². The molecule has 7 heterocycles. The number of nitrogens with one attached hydrogen (secondary N) is 1. The molecule has 4 bridgehead atoms. The number of rotatable bonds is 3. The van der Waals surface area contributed by atoms with Crippen molar-refractivity contribution in [2.75, 3.05) is 47.0 Å². The molecule has 0 amide bonds. The summed E-state index contributed by atoms with van der Waals surface area (Å²) in [7, 11) is 2.75. The number of fused-ring (bicyclic) bond motifs is 9. The van der Waals surface area contributed by atoms with Crippen LogP contribution in [0.4, 0.5) is 0 Å². The molecule has 294 valence electrons. The van der Waals surface area contributed by atoms with E-state index in [1.807, 2.05) is 24.9 Å². The third-order valence-corrected chi connectivity index (χ3v) is 14.4. The largest absolute Gasteiger partial charge is 0.504 e. The summed E-state index contributed by atoms with van der Waals surface area (Å²) < 4.78 is 51.8. The van der Waals surface area contributed by atoms with Gasteiger partial charge >= 0.3 is 11.9 Å². The van der Waals surface area contributed by atoms with Gasteiger partial charge in [-0.3, -0.25) is 24.1 Å². The van der Waals surface area contributed by atoms with Crippen molar-refractivity contribution in [2.24, 2.45) is 0 Å². The number of phenolic OH excluding ortho intramolecular Hbond substituents is 2. The van der Waals surface area contributed by atoms with E-state index in [0.717, 1.165) is 11.1 Å². The van der Waals surface area contributed by atoms with Gasteiger partial charge in [0.1, 0.15) is 18.4 Å². The first-order valence-electron chi connectivity index (χ1n) is 18.5. The minimum atomic E-state index is -2.06. The number of ether oxygens (including phenoxy) is 6. The molecular weight excluding hydrogens is 745 g/mol. The number of likely N-dealkylation sites (N-methyl/N-ethyl adjacent to an activating group) is 1. The highest BCUT2D eigenvalue weighted by atomic mass is 32.2. The Kier molecular flexibility index (Phi) is 8.48. The molecule has 2 saturated heterocycles. The van der Waals surface area contributed by atoms with Crippen molar-refractivity contribution in [2.45, 2.75) is 74.6 Å². The van der Waals surface area contributed by atoms with Gasteiger partial charge < -0.3 is 38.6 Å². The molecule has 2 fully saturated rings. The number of hydrogen-bond acceptors (Lipinski definition) is 15. The monoisotopic (exact) mass is 786 g/mol. The summed E-state index contributed by atoms with van der Waals surface area (Å²) in [6.45, 7) is 4.79. The summed E-state index contributed by atoms with van der Waals surface area (Å²) in [4.78, 5) is 31.8. The summed E-state index contributed by atoms with van der Waals surface area (Å²) in [5, 5.41) is 36.2. The van der Waals surface area contributed by atoms with Gasteiger partial charge in [0.2, 0.25) is 6.79 Å². The Morgan fingerprint density at radius 3 is 2.54 bits per heavy atom. The van der Waals surface area contributed by atoms with E-state index < -0.39 is 57.7 Å². The molecular formula is C40H42N4O11S. The van der Waals surface area contributed by atoms with Crippen molar-refractivity contribution in [1.29, 1.82) is 5.26 Å². The average molecular weight is 787 g/mol. The van der Waals surface area contributed by atoms with Gasteiger partial charge in [-0.2, -0.15) is 5.26 Å². The van der Waals surface area contributed by atoms with Crippen LogP contribution in [0.2, 0.25) is 0 Å². The van der Waals surface area contributed by atoms with Crippen molar-refractivity contribution in [3.05, 3.63) is 62.7 Å². The lowest BCUT2D eigenvalue weighted by Gasteiger charge is -2.61. The van der Waals surface area contributed by atoms with E-state index in [9.17, 15) is 25.1 Å². The standard InChI is InChI=1S/C40H42N4O11S/c1-17-9-21-10-23-24(13-41)44-25-14-52-39(48)40(22-12-27(50-5)26(46)11-20(22)7-8-42-40)15-56(49)38(32(44)31(43(23)4)28(21)33(47)34(17)51-6)30-29(25)37-36(53-16-54-37)18(2)35(30)55-19(3)45/h9,11-12,23-25,31-32,38,42,46-47H,7-8,10,14-16H2,1-6H3/t23-,24-,25+,31?,32?,38+,40+,56?/m0/s1. The highest BCUT2D eigenvalue weighted by Crippen LogP contribution is 2.63. The summed E-state index contributed by atoms with van der Waals surface area (Å²) in [5.74, 6) is -0.469. The van der Waals surface area contributed by atoms with Gasteiger partial charge in [-0.25, -0.2) is 4.79 Å². The van der Waals surface area contributed by atoms with Crippen LogP contribution in [0.15, 0.2) is 18.2 Å². The molecule has 7 aliphatic rings. The normalized spacial score (nSPS) is 29.9. The summed E-state index contributed by atoms with van der Waals surface area (Å²) in [6.07, 6.45) is 0.882. The minimum absolute atomic E-state index is 0.0492. The van der Waals surface area contributed by atoms with Crippen LogP contribution in [0.25, 0.3) is 0 Å². The molecule has 0 radical (unpaired) electrons. The Hall–Kier alpha value is -5.08. The van der Waals surface area contributed by atoms with Crippen molar-refractivity contribution < 1.29 is 52.4 Å². The fraction of sp³-hybridized carbons (Fsp3) is 0.475. The molecule has 16 heteroatoms. The molecule has 0 aliphatic carbocycles. The van der Waals surface area contributed by atoms with Crippen LogP contribution >= 0.6 is 0 Å². The van der Waals surface area contributed by atoms with E-state index in [-0.39, 0.29) is 48.2 Å². The zero-order chi connectivity index (χ0) is 39.5. The van der Waals surface area contributed by atoms with Crippen LogP contribution in [-0.4, -0.2) is 101 Å². The minimum Gasteiger partial charge on any atom is -0.504 e. The van der Waals surface area contributed by atoms with Crippen LogP contribution in [0.5, 0.6) is 40.2 Å². The van der Waals surface area contributed by atoms with Gasteiger partial charge in [0.05, 0.1) is 49.4 Å². The van der Waals surface area contributed by atoms with E-state index in [1.54, 1.807) is 19.1 Å². The van der Waals surface area contributed by atoms with E-state index >= 15 is 4.21 Å². The smallest absolute Gasteiger partial charge is 0.332 e. The van der Waals surface area contributed by atoms with Crippen molar-refractivity contribution in [3.8, 4) is 46.3 Å². The second-order valence-corrected chi connectivity index (χ2v) is 16.9. The number of piperazine rings is 1. The lowest BCUT2D eigenvalue weighted by Crippen LogP contribution is -2.70. The maximum absolute atomic E-state index is 16.0. The van der Waals surface area contributed by atoms with Crippen LogP contribution in [0.1, 0.15) is 68.8 Å². The highest BCUT2D eigenvalue weighted by molar-refractivity contribution is 7.85. The molecule has 10 rings (SSSR count). The molecule has 3 aromatic carbocycles. The maximum atomic E-state index is 16.0. The van der Waals surface area contributed by atoms with Gasteiger partial charge in [0.15, 0.2) is 40.0 Å². The number of methoxy groups -OCH3 is 2. The number of carbonyl (C=O) groups excluding carboxylic acids is 2. The number of esters is 2. The molecule has 3 unspecified atom stereocenters. The van der Waals surface area contributed by atoms with Crippen LogP contribution in [0.3, 0.4) is 0 Å². The summed E-state index contributed by atoms with van der Waals surface area (Å²) >= 11 is 0. The number of nitriles is 1. The number of aromatic hydroxyl groups is 2. The Labute approximate surface area is 325 Å². The lowest BCUT2D eigenvalue weighted by atomic mass is 9.71. The lowest BCUT2D eigenvalue weighted by molar-refractivity contribution is -0.157. The van der Waals surface area contributed by atoms with Crippen LogP contribution in [0, 0.1) is 25.2 Å². The number of benzene rings is 3. The molecule has 56 heavy (non-hydrogen) atoms. The third-order valence-electron chi connectivity index (χ3n) is 12.6. The molecule has 0 aromatic heterocycles. The Balaban J connectivity index is 1.36. The predicted octanol–water partition coefficient (Wildman–Crippen LogP) is 3.00. The van der Waals surface area contributed by atoms with E-state index in [1.165, 1.54) is 21.1 Å². The number of hydrogen-bond donors (Lipinski definition) is 3. The number of nitrogens with zero attached hydrogens (tertiary/aromatic N) is 3. The summed E-state index contributed by atoms with van der Waals surface area (Å²) in [6, 6.07) is 4.10. The Morgan fingerprint density at radius 2 is 1.82 bits per heavy atom. The second kappa shape index (κ2) is 13.0. The molecule has 3 N–H and O–H groups in total. The Bertz CT molecular complexity index is 2310. The van der Waals surface area contributed by atoms with Gasteiger partial charge in [-0.15, -0.1) is 0 Å². The zero-order valence-electron chi connectivity index (χ0n) is 31.8. The quantitative estimate of drug-likeness (QED) is 0.259. The SMILES string of the molecule is COc1cc2c(cc1O)CCN[C@]21CS(=O)[C@@H]2c3c(OC(C)=O)c(C)c4c(c3[C@@H](COC1=O)N1C2C2c3c(cc(C)c(OC)c3O)C[C@@H]([C@@H]1C#N)N2C)OCO4. The van der Waals surface area contributed by atoms with Gasteiger partial charge in [0.25, 0.3) is 0 Å². The van der Waals surface area contributed by atoms with Gasteiger partial charge in [-0.05, 0) is 68.1 Å². The first-order valence-corrected chi connectivity index (χ1v) is 19.9. The Morgan fingerprint density at radius 1 is 1.05 bits per heavy atom. The van der Waals surface area contributed by atoms with E-state index in [4.69, 9.17) is 28.4 Å². The first-order chi connectivity index (χ1) is 26.9. The maximum Gasteiger partial charge on any atom is 0.332 e.